The van der Waals surface area contributed by atoms with Gasteiger partial charge in [-0.05, 0) is 18.6 Å². The van der Waals surface area contributed by atoms with Crippen LogP contribution in [0.3, 0.4) is 0 Å². The van der Waals surface area contributed by atoms with Crippen LogP contribution in [0.5, 0.6) is 0 Å². The van der Waals surface area contributed by atoms with Crippen molar-refractivity contribution in [3.63, 3.8) is 0 Å². The molecular formula is C13H14ClFN2O. The molecule has 0 radical (unpaired) electrons. The normalized spacial score (nSPS) is 12.7. The minimum Gasteiger partial charge on any atom is -0.383 e. The molecule has 1 aromatic carbocycles. The molecule has 1 unspecified atom stereocenters. The van der Waals surface area contributed by atoms with Gasteiger partial charge in [-0.3, -0.25) is 4.68 Å². The van der Waals surface area contributed by atoms with Crippen molar-refractivity contribution in [3.8, 4) is 0 Å². The maximum atomic E-state index is 13.7. The molecule has 0 amide bonds. The van der Waals surface area contributed by atoms with Gasteiger partial charge < -0.3 is 5.11 Å². The third-order valence-electron chi connectivity index (χ3n) is 2.69. The predicted molar refractivity (Wildman–Crippen MR) is 68.0 cm³/mol. The second kappa shape index (κ2) is 5.50. The Labute approximate surface area is 110 Å². The van der Waals surface area contributed by atoms with Crippen molar-refractivity contribution in [1.29, 1.82) is 0 Å². The number of aromatic nitrogens is 2. The molecule has 1 aromatic heterocycles. The summed E-state index contributed by atoms with van der Waals surface area (Å²) in [4.78, 5) is 0. The molecule has 0 saturated carbocycles. The fourth-order valence-electron chi connectivity index (χ4n) is 1.81. The molecule has 0 spiro atoms. The molecular weight excluding hydrogens is 255 g/mol. The van der Waals surface area contributed by atoms with Crippen molar-refractivity contribution in [2.75, 3.05) is 0 Å². The summed E-state index contributed by atoms with van der Waals surface area (Å²) in [7, 11) is 0. The Balaban J connectivity index is 2.32. The lowest BCUT2D eigenvalue weighted by atomic mass is 10.0. The van der Waals surface area contributed by atoms with Crippen molar-refractivity contribution in [1.82, 2.24) is 9.78 Å². The number of hydrogen-bond donors (Lipinski definition) is 1. The smallest absolute Gasteiger partial charge is 0.130 e. The molecule has 18 heavy (non-hydrogen) atoms. The zero-order chi connectivity index (χ0) is 13.1. The number of aliphatic hydroxyl groups excluding tert-OH is 1. The van der Waals surface area contributed by atoms with E-state index in [9.17, 15) is 9.50 Å². The second-order valence-corrected chi connectivity index (χ2v) is 4.48. The zero-order valence-corrected chi connectivity index (χ0v) is 10.7. The fourth-order valence-corrected chi connectivity index (χ4v) is 2.08. The average molecular weight is 269 g/mol. The molecule has 0 bridgehead atoms. The van der Waals surface area contributed by atoms with E-state index in [1.54, 1.807) is 16.9 Å². The van der Waals surface area contributed by atoms with Crippen molar-refractivity contribution in [2.24, 2.45) is 0 Å². The maximum Gasteiger partial charge on any atom is 0.130 e. The van der Waals surface area contributed by atoms with Gasteiger partial charge in [-0.2, -0.15) is 5.10 Å². The third-order valence-corrected chi connectivity index (χ3v) is 3.02. The van der Waals surface area contributed by atoms with Crippen molar-refractivity contribution < 1.29 is 9.50 Å². The van der Waals surface area contributed by atoms with E-state index in [-0.39, 0.29) is 10.6 Å². The summed E-state index contributed by atoms with van der Waals surface area (Å²) >= 11 is 5.92. The summed E-state index contributed by atoms with van der Waals surface area (Å²) in [5, 5.41) is 14.5. The molecule has 1 N–H and O–H groups in total. The second-order valence-electron chi connectivity index (χ2n) is 4.07. The molecule has 0 saturated heterocycles. The van der Waals surface area contributed by atoms with E-state index in [1.165, 1.54) is 18.3 Å². The number of rotatable bonds is 4. The van der Waals surface area contributed by atoms with Crippen LogP contribution in [0.25, 0.3) is 0 Å². The molecule has 3 nitrogen and oxygen atoms in total. The zero-order valence-electron chi connectivity index (χ0n) is 9.98. The van der Waals surface area contributed by atoms with Crippen LogP contribution in [-0.2, 0) is 6.54 Å². The van der Waals surface area contributed by atoms with Gasteiger partial charge in [0.15, 0.2) is 0 Å². The lowest BCUT2D eigenvalue weighted by Crippen LogP contribution is -2.03. The minimum atomic E-state index is -1.09. The van der Waals surface area contributed by atoms with E-state index in [2.05, 4.69) is 5.10 Å². The van der Waals surface area contributed by atoms with Gasteiger partial charge in [0.25, 0.3) is 0 Å². The van der Waals surface area contributed by atoms with E-state index in [4.69, 9.17) is 11.6 Å². The third kappa shape index (κ3) is 2.54. The molecule has 2 rings (SSSR count). The highest BCUT2D eigenvalue weighted by Gasteiger charge is 2.19. The average Bonchev–Trinajstić information content (AvgIpc) is 2.78. The summed E-state index contributed by atoms with van der Waals surface area (Å²) in [5.41, 5.74) is 0.630. The number of hydrogen-bond acceptors (Lipinski definition) is 2. The number of aryl methyl sites for hydroxylation is 1. The molecule has 0 fully saturated rings. The lowest BCUT2D eigenvalue weighted by molar-refractivity contribution is 0.215. The number of halogens is 2. The number of aliphatic hydroxyl groups is 1. The van der Waals surface area contributed by atoms with E-state index in [0.29, 0.717) is 5.56 Å². The molecule has 0 aliphatic rings. The van der Waals surface area contributed by atoms with Crippen LogP contribution in [0.4, 0.5) is 4.39 Å². The Morgan fingerprint density at radius 1 is 1.50 bits per heavy atom. The van der Waals surface area contributed by atoms with Gasteiger partial charge >= 0.3 is 0 Å². The monoisotopic (exact) mass is 268 g/mol. The first-order valence-corrected chi connectivity index (χ1v) is 6.15. The molecule has 1 atom stereocenters. The van der Waals surface area contributed by atoms with Crippen LogP contribution in [-0.4, -0.2) is 14.9 Å². The van der Waals surface area contributed by atoms with E-state index >= 15 is 0 Å². The van der Waals surface area contributed by atoms with E-state index in [1.807, 2.05) is 6.92 Å². The molecule has 0 aliphatic heterocycles. The van der Waals surface area contributed by atoms with Crippen molar-refractivity contribution in [3.05, 3.63) is 52.6 Å². The first-order chi connectivity index (χ1) is 8.63. The molecule has 5 heteroatoms. The quantitative estimate of drug-likeness (QED) is 0.925. The SMILES string of the molecule is CCCn1cc(C(O)c2c(F)cccc2Cl)cn1. The lowest BCUT2D eigenvalue weighted by Gasteiger charge is -2.11. The van der Waals surface area contributed by atoms with Crippen LogP contribution in [0.1, 0.15) is 30.6 Å². The van der Waals surface area contributed by atoms with Gasteiger partial charge in [-0.25, -0.2) is 4.39 Å². The molecule has 96 valence electrons. The first kappa shape index (κ1) is 13.1. The van der Waals surface area contributed by atoms with Crippen LogP contribution in [0.15, 0.2) is 30.6 Å². The van der Waals surface area contributed by atoms with Crippen LogP contribution < -0.4 is 0 Å². The van der Waals surface area contributed by atoms with Gasteiger partial charge in [0.05, 0.1) is 6.20 Å². The highest BCUT2D eigenvalue weighted by Crippen LogP contribution is 2.30. The van der Waals surface area contributed by atoms with E-state index in [0.717, 1.165) is 13.0 Å². The van der Waals surface area contributed by atoms with Gasteiger partial charge in [-0.15, -0.1) is 0 Å². The highest BCUT2D eigenvalue weighted by molar-refractivity contribution is 6.31. The standard InChI is InChI=1S/C13H14ClFN2O/c1-2-6-17-8-9(7-16-17)13(18)12-10(14)4-3-5-11(12)15/h3-5,7-8,13,18H,2,6H2,1H3. The number of nitrogens with zero attached hydrogens (tertiary/aromatic N) is 2. The minimum absolute atomic E-state index is 0.0928. The van der Waals surface area contributed by atoms with Gasteiger partial charge in [-0.1, -0.05) is 24.6 Å². The summed E-state index contributed by atoms with van der Waals surface area (Å²) in [6.07, 6.45) is 3.09. The van der Waals surface area contributed by atoms with Crippen molar-refractivity contribution in [2.45, 2.75) is 26.0 Å². The Morgan fingerprint density at radius 2 is 2.28 bits per heavy atom. The fraction of sp³-hybridized carbons (Fsp3) is 0.308. The summed E-state index contributed by atoms with van der Waals surface area (Å²) in [6.45, 7) is 2.79. The van der Waals surface area contributed by atoms with Crippen LogP contribution >= 0.6 is 11.6 Å². The summed E-state index contributed by atoms with van der Waals surface area (Å²) in [5.74, 6) is -0.516. The summed E-state index contributed by atoms with van der Waals surface area (Å²) < 4.78 is 15.4. The van der Waals surface area contributed by atoms with Gasteiger partial charge in [0.1, 0.15) is 11.9 Å². The molecule has 2 aromatic rings. The number of benzene rings is 1. The van der Waals surface area contributed by atoms with Gasteiger partial charge in [0.2, 0.25) is 0 Å². The highest BCUT2D eigenvalue weighted by atomic mass is 35.5. The Bertz CT molecular complexity index is 521. The Kier molecular flexibility index (Phi) is 3.99. The Morgan fingerprint density at radius 3 is 2.94 bits per heavy atom. The van der Waals surface area contributed by atoms with Crippen LogP contribution in [0, 0.1) is 5.82 Å². The summed E-state index contributed by atoms with van der Waals surface area (Å²) in [6, 6.07) is 4.34. The first-order valence-electron chi connectivity index (χ1n) is 5.77. The largest absolute Gasteiger partial charge is 0.383 e. The van der Waals surface area contributed by atoms with Crippen molar-refractivity contribution >= 4 is 11.6 Å². The van der Waals surface area contributed by atoms with E-state index < -0.39 is 11.9 Å². The predicted octanol–water partition coefficient (Wildman–Crippen LogP) is 3.17. The topological polar surface area (TPSA) is 38.0 Å². The molecule has 0 aliphatic carbocycles. The van der Waals surface area contributed by atoms with Gasteiger partial charge in [0, 0.05) is 28.9 Å². The Hall–Kier alpha value is -1.39. The van der Waals surface area contributed by atoms with Crippen LogP contribution in [0.2, 0.25) is 5.02 Å². The maximum absolute atomic E-state index is 13.7. The molecule has 1 heterocycles.